The Hall–Kier alpha value is -1.19. The van der Waals surface area contributed by atoms with E-state index in [2.05, 4.69) is 0 Å². The monoisotopic (exact) mass is 329 g/mol. The Morgan fingerprint density at radius 2 is 1.86 bits per heavy atom. The summed E-state index contributed by atoms with van der Waals surface area (Å²) in [4.78, 5) is -0.664. The van der Waals surface area contributed by atoms with E-state index in [1.54, 1.807) is 0 Å². The maximum atomic E-state index is 13.2. The SMILES string of the molecule is CC(C)N(CC(F)(F)F)S(=O)(=O)c1cc(F)ccc1CO. The van der Waals surface area contributed by atoms with Gasteiger partial charge in [0.15, 0.2) is 0 Å². The average Bonchev–Trinajstić information content (AvgIpc) is 2.34. The van der Waals surface area contributed by atoms with Crippen molar-refractivity contribution in [3.63, 3.8) is 0 Å². The quantitative estimate of drug-likeness (QED) is 0.843. The average molecular weight is 329 g/mol. The number of hydrogen-bond acceptors (Lipinski definition) is 3. The Balaban J connectivity index is 3.39. The van der Waals surface area contributed by atoms with Crippen LogP contribution in [0.4, 0.5) is 17.6 Å². The third kappa shape index (κ3) is 4.39. The third-order valence-electron chi connectivity index (χ3n) is 2.70. The van der Waals surface area contributed by atoms with E-state index in [4.69, 9.17) is 5.11 Å². The number of aliphatic hydroxyl groups is 1. The fourth-order valence-electron chi connectivity index (χ4n) is 1.75. The van der Waals surface area contributed by atoms with Crippen molar-refractivity contribution in [1.82, 2.24) is 4.31 Å². The molecule has 0 fully saturated rings. The molecule has 1 aromatic carbocycles. The van der Waals surface area contributed by atoms with E-state index in [1.165, 1.54) is 13.8 Å². The van der Waals surface area contributed by atoms with E-state index >= 15 is 0 Å². The Bertz CT molecular complexity index is 599. The van der Waals surface area contributed by atoms with Crippen molar-refractivity contribution in [2.45, 2.75) is 37.6 Å². The minimum absolute atomic E-state index is 0.163. The molecule has 0 aromatic heterocycles. The van der Waals surface area contributed by atoms with Crippen LogP contribution in [-0.2, 0) is 16.6 Å². The number of benzene rings is 1. The van der Waals surface area contributed by atoms with Gasteiger partial charge in [0.25, 0.3) is 0 Å². The van der Waals surface area contributed by atoms with E-state index in [9.17, 15) is 26.0 Å². The van der Waals surface area contributed by atoms with Crippen LogP contribution in [0.5, 0.6) is 0 Å². The molecule has 0 aliphatic heterocycles. The third-order valence-corrected chi connectivity index (χ3v) is 4.80. The summed E-state index contributed by atoms with van der Waals surface area (Å²) in [5, 5.41) is 9.10. The number of sulfonamides is 1. The minimum Gasteiger partial charge on any atom is -0.392 e. The lowest BCUT2D eigenvalue weighted by Crippen LogP contribution is -2.43. The van der Waals surface area contributed by atoms with Crippen molar-refractivity contribution in [2.24, 2.45) is 0 Å². The van der Waals surface area contributed by atoms with E-state index in [0.29, 0.717) is 6.07 Å². The molecule has 0 saturated heterocycles. The van der Waals surface area contributed by atoms with Gasteiger partial charge in [-0.3, -0.25) is 0 Å². The highest BCUT2D eigenvalue weighted by Crippen LogP contribution is 2.27. The fraction of sp³-hybridized carbons (Fsp3) is 0.500. The van der Waals surface area contributed by atoms with E-state index in [-0.39, 0.29) is 9.87 Å². The normalized spacial score (nSPS) is 13.2. The van der Waals surface area contributed by atoms with Gasteiger partial charge in [-0.2, -0.15) is 17.5 Å². The van der Waals surface area contributed by atoms with Crippen LogP contribution in [0.1, 0.15) is 19.4 Å². The van der Waals surface area contributed by atoms with E-state index < -0.39 is 46.1 Å². The number of aliphatic hydroxyl groups excluding tert-OH is 1. The van der Waals surface area contributed by atoms with Crippen LogP contribution in [0.2, 0.25) is 0 Å². The predicted octanol–water partition coefficient (Wildman–Crippen LogP) is 2.28. The largest absolute Gasteiger partial charge is 0.402 e. The second-order valence-electron chi connectivity index (χ2n) is 4.67. The molecule has 1 N–H and O–H groups in total. The van der Waals surface area contributed by atoms with Gasteiger partial charge in [0.1, 0.15) is 12.4 Å². The number of halogens is 4. The van der Waals surface area contributed by atoms with Crippen molar-refractivity contribution in [1.29, 1.82) is 0 Å². The number of hydrogen-bond donors (Lipinski definition) is 1. The molecule has 21 heavy (non-hydrogen) atoms. The number of nitrogens with zero attached hydrogens (tertiary/aromatic N) is 1. The zero-order valence-corrected chi connectivity index (χ0v) is 12.2. The molecule has 0 spiro atoms. The van der Waals surface area contributed by atoms with E-state index in [1.807, 2.05) is 0 Å². The van der Waals surface area contributed by atoms with Crippen LogP contribution in [-0.4, -0.2) is 36.6 Å². The molecule has 0 aliphatic carbocycles. The fourth-order valence-corrected chi connectivity index (χ4v) is 3.60. The maximum absolute atomic E-state index is 13.2. The van der Waals surface area contributed by atoms with Crippen molar-refractivity contribution in [3.8, 4) is 0 Å². The van der Waals surface area contributed by atoms with Crippen LogP contribution >= 0.6 is 0 Å². The van der Waals surface area contributed by atoms with Crippen LogP contribution in [0.25, 0.3) is 0 Å². The highest BCUT2D eigenvalue weighted by molar-refractivity contribution is 7.89. The van der Waals surface area contributed by atoms with Gasteiger partial charge in [-0.1, -0.05) is 6.07 Å². The first-order valence-corrected chi connectivity index (χ1v) is 7.41. The standard InChI is InChI=1S/C12H15F4NO3S/c1-8(2)17(7-12(14,15)16)21(19,20)11-5-10(13)4-3-9(11)6-18/h3-5,8,18H,6-7H2,1-2H3. The summed E-state index contributed by atoms with van der Waals surface area (Å²) >= 11 is 0. The first-order valence-electron chi connectivity index (χ1n) is 5.97. The van der Waals surface area contributed by atoms with Crippen LogP contribution < -0.4 is 0 Å². The molecule has 1 aromatic rings. The van der Waals surface area contributed by atoms with E-state index in [0.717, 1.165) is 12.1 Å². The predicted molar refractivity (Wildman–Crippen MR) is 67.4 cm³/mol. The molecular formula is C12H15F4NO3S. The molecule has 4 nitrogen and oxygen atoms in total. The first kappa shape index (κ1) is 17.9. The van der Waals surface area contributed by atoms with Gasteiger partial charge in [-0.05, 0) is 31.5 Å². The Morgan fingerprint density at radius 1 is 1.29 bits per heavy atom. The van der Waals surface area contributed by atoms with Crippen molar-refractivity contribution in [2.75, 3.05) is 6.54 Å². The van der Waals surface area contributed by atoms with Gasteiger partial charge in [0.05, 0.1) is 11.5 Å². The molecule has 0 radical (unpaired) electrons. The minimum atomic E-state index is -4.73. The molecule has 0 atom stereocenters. The second kappa shape index (κ2) is 6.29. The number of alkyl halides is 3. The van der Waals surface area contributed by atoms with Crippen LogP contribution in [0.15, 0.2) is 23.1 Å². The smallest absolute Gasteiger partial charge is 0.392 e. The zero-order valence-electron chi connectivity index (χ0n) is 11.4. The second-order valence-corrected chi connectivity index (χ2v) is 6.53. The molecule has 0 heterocycles. The molecule has 0 saturated carbocycles. The molecule has 0 aliphatic rings. The van der Waals surface area contributed by atoms with Gasteiger partial charge >= 0.3 is 6.18 Å². The van der Waals surface area contributed by atoms with Gasteiger partial charge in [0, 0.05) is 6.04 Å². The van der Waals surface area contributed by atoms with Crippen molar-refractivity contribution >= 4 is 10.0 Å². The summed E-state index contributed by atoms with van der Waals surface area (Å²) in [6.45, 7) is 0.142. The summed E-state index contributed by atoms with van der Waals surface area (Å²) in [6, 6.07) is 1.57. The lowest BCUT2D eigenvalue weighted by atomic mass is 10.2. The maximum Gasteiger partial charge on any atom is 0.402 e. The summed E-state index contributed by atoms with van der Waals surface area (Å²) < 4.78 is 75.7. The van der Waals surface area contributed by atoms with Gasteiger partial charge in [-0.15, -0.1) is 0 Å². The molecular weight excluding hydrogens is 314 g/mol. The number of rotatable bonds is 5. The Morgan fingerprint density at radius 3 is 2.29 bits per heavy atom. The van der Waals surface area contributed by atoms with Gasteiger partial charge < -0.3 is 5.11 Å². The van der Waals surface area contributed by atoms with Crippen molar-refractivity contribution < 1.29 is 31.1 Å². The summed E-state index contributed by atoms with van der Waals surface area (Å²) in [5.74, 6) is -0.915. The van der Waals surface area contributed by atoms with Gasteiger partial charge in [0.2, 0.25) is 10.0 Å². The van der Waals surface area contributed by atoms with Crippen LogP contribution in [0.3, 0.4) is 0 Å². The van der Waals surface area contributed by atoms with Gasteiger partial charge in [-0.25, -0.2) is 12.8 Å². The van der Waals surface area contributed by atoms with Crippen LogP contribution in [0, 0.1) is 5.82 Å². The molecule has 0 bridgehead atoms. The molecule has 9 heteroatoms. The lowest BCUT2D eigenvalue weighted by Gasteiger charge is -2.27. The van der Waals surface area contributed by atoms with Crippen molar-refractivity contribution in [3.05, 3.63) is 29.6 Å². The Labute approximate surface area is 120 Å². The molecule has 1 rings (SSSR count). The molecule has 0 amide bonds. The summed E-state index contributed by atoms with van der Waals surface area (Å²) in [6.07, 6.45) is -4.73. The zero-order chi connectivity index (χ0) is 16.4. The lowest BCUT2D eigenvalue weighted by molar-refractivity contribution is -0.138. The summed E-state index contributed by atoms with van der Waals surface area (Å²) in [7, 11) is -4.59. The molecule has 120 valence electrons. The highest BCUT2D eigenvalue weighted by Gasteiger charge is 2.39. The summed E-state index contributed by atoms with van der Waals surface area (Å²) in [5.41, 5.74) is -0.163. The molecule has 0 unspecified atom stereocenters. The topological polar surface area (TPSA) is 57.6 Å². The first-order chi connectivity index (χ1) is 9.49. The highest BCUT2D eigenvalue weighted by atomic mass is 32.2. The Kier molecular flexibility index (Phi) is 5.35.